The van der Waals surface area contributed by atoms with E-state index in [0.717, 1.165) is 5.69 Å². The van der Waals surface area contributed by atoms with Crippen molar-refractivity contribution in [2.75, 3.05) is 36.4 Å². The van der Waals surface area contributed by atoms with Crippen LogP contribution in [0, 0.1) is 5.82 Å². The second-order valence-electron chi connectivity index (χ2n) is 9.07. The lowest BCUT2D eigenvalue weighted by Gasteiger charge is -2.37. The molecule has 0 atom stereocenters. The summed E-state index contributed by atoms with van der Waals surface area (Å²) in [5.41, 5.74) is 2.04. The highest BCUT2D eigenvalue weighted by molar-refractivity contribution is 6.36. The molecule has 40 heavy (non-hydrogen) atoms. The van der Waals surface area contributed by atoms with Crippen LogP contribution in [-0.4, -0.2) is 42.9 Å². The molecule has 1 saturated heterocycles. The summed E-state index contributed by atoms with van der Waals surface area (Å²) in [5.74, 6) is -0.235. The number of carbonyl (C=O) groups is 2. The van der Waals surface area contributed by atoms with E-state index in [1.807, 2.05) is 6.07 Å². The zero-order chi connectivity index (χ0) is 28.2. The number of anilines is 2. The highest BCUT2D eigenvalue weighted by Gasteiger charge is 2.25. The van der Waals surface area contributed by atoms with Crippen molar-refractivity contribution in [3.8, 4) is 11.3 Å². The van der Waals surface area contributed by atoms with E-state index < -0.39 is 5.82 Å². The van der Waals surface area contributed by atoms with Gasteiger partial charge in [-0.3, -0.25) is 9.59 Å². The van der Waals surface area contributed by atoms with Crippen molar-refractivity contribution < 1.29 is 18.4 Å². The minimum atomic E-state index is -0.537. The topological polar surface area (TPSA) is 65.8 Å². The van der Waals surface area contributed by atoms with Crippen LogP contribution in [0.15, 0.2) is 83.3 Å². The number of rotatable bonds is 6. The van der Waals surface area contributed by atoms with Crippen LogP contribution >= 0.6 is 34.8 Å². The van der Waals surface area contributed by atoms with Crippen LogP contribution in [0.3, 0.4) is 0 Å². The van der Waals surface area contributed by atoms with E-state index in [4.69, 9.17) is 39.2 Å². The molecule has 4 aromatic rings. The Hall–Kier alpha value is -3.78. The lowest BCUT2D eigenvalue weighted by atomic mass is 10.1. The summed E-state index contributed by atoms with van der Waals surface area (Å²) in [6.07, 6.45) is 2.92. The number of carbonyl (C=O) groups excluding carboxylic acids is 2. The molecule has 1 aromatic heterocycles. The molecule has 10 heteroatoms. The van der Waals surface area contributed by atoms with Crippen molar-refractivity contribution in [1.82, 2.24) is 4.90 Å². The van der Waals surface area contributed by atoms with E-state index in [1.54, 1.807) is 65.6 Å². The molecule has 1 N–H and O–H groups in total. The molecule has 0 aliphatic carbocycles. The summed E-state index contributed by atoms with van der Waals surface area (Å²) in [6.45, 7) is 1.81. The summed E-state index contributed by atoms with van der Waals surface area (Å²) in [5, 5.41) is 4.33. The SMILES string of the molecule is O=C(/C=C/c1ccc(-c2ccc(Cl)cc2Cl)o1)Nc1cc(Cl)ccc1N1CCN(C(=O)c2ccccc2F)CC1. The number of halogens is 4. The molecule has 6 nitrogen and oxygen atoms in total. The minimum Gasteiger partial charge on any atom is -0.457 e. The Bertz CT molecular complexity index is 1600. The Morgan fingerprint density at radius 2 is 1.60 bits per heavy atom. The van der Waals surface area contributed by atoms with Crippen LogP contribution in [0.2, 0.25) is 15.1 Å². The molecule has 2 amide bonds. The first-order valence-corrected chi connectivity index (χ1v) is 13.5. The monoisotopic (exact) mass is 597 g/mol. The normalized spacial score (nSPS) is 13.6. The van der Waals surface area contributed by atoms with Gasteiger partial charge in [-0.15, -0.1) is 0 Å². The van der Waals surface area contributed by atoms with Crippen LogP contribution in [0.25, 0.3) is 17.4 Å². The van der Waals surface area contributed by atoms with Gasteiger partial charge < -0.3 is 19.5 Å². The lowest BCUT2D eigenvalue weighted by molar-refractivity contribution is -0.111. The third kappa shape index (κ3) is 6.33. The number of furan rings is 1. The molecule has 0 radical (unpaired) electrons. The summed E-state index contributed by atoms with van der Waals surface area (Å²) in [6, 6.07) is 19.8. The molecule has 0 saturated carbocycles. The molecule has 3 aromatic carbocycles. The molecule has 0 unspecified atom stereocenters. The van der Waals surface area contributed by atoms with Gasteiger partial charge in [-0.2, -0.15) is 0 Å². The van der Waals surface area contributed by atoms with Crippen LogP contribution < -0.4 is 10.2 Å². The van der Waals surface area contributed by atoms with Crippen LogP contribution in [-0.2, 0) is 4.79 Å². The molecular formula is C30H23Cl3FN3O3. The van der Waals surface area contributed by atoms with Crippen molar-refractivity contribution in [2.24, 2.45) is 0 Å². The van der Waals surface area contributed by atoms with Gasteiger partial charge in [-0.05, 0) is 66.7 Å². The predicted octanol–water partition coefficient (Wildman–Crippen LogP) is 7.66. The van der Waals surface area contributed by atoms with Crippen LogP contribution in [0.1, 0.15) is 16.1 Å². The molecule has 0 bridgehead atoms. The Kier molecular flexibility index (Phi) is 8.45. The second-order valence-corrected chi connectivity index (χ2v) is 10.3. The third-order valence-electron chi connectivity index (χ3n) is 6.45. The second kappa shape index (κ2) is 12.2. The fourth-order valence-electron chi connectivity index (χ4n) is 4.45. The average molecular weight is 599 g/mol. The Morgan fingerprint density at radius 3 is 2.35 bits per heavy atom. The number of nitrogens with one attached hydrogen (secondary N) is 1. The fourth-order valence-corrected chi connectivity index (χ4v) is 5.12. The molecule has 0 spiro atoms. The molecule has 1 aliphatic rings. The third-order valence-corrected chi connectivity index (χ3v) is 7.23. The molecular weight excluding hydrogens is 576 g/mol. The van der Waals surface area contributed by atoms with E-state index in [1.165, 1.54) is 18.2 Å². The maximum absolute atomic E-state index is 14.1. The number of hydrogen-bond donors (Lipinski definition) is 1. The Labute approximate surface area is 245 Å². The van der Waals surface area contributed by atoms with Gasteiger partial charge in [0, 0.05) is 47.9 Å². The van der Waals surface area contributed by atoms with E-state index in [2.05, 4.69) is 10.2 Å². The summed E-state index contributed by atoms with van der Waals surface area (Å²) in [7, 11) is 0. The summed E-state index contributed by atoms with van der Waals surface area (Å²) < 4.78 is 19.9. The number of benzene rings is 3. The highest BCUT2D eigenvalue weighted by Crippen LogP contribution is 2.32. The van der Waals surface area contributed by atoms with Crippen LogP contribution in [0.4, 0.5) is 15.8 Å². The minimum absolute atomic E-state index is 0.0575. The Balaban J connectivity index is 1.24. The average Bonchev–Trinajstić information content (AvgIpc) is 3.41. The smallest absolute Gasteiger partial charge is 0.256 e. The highest BCUT2D eigenvalue weighted by atomic mass is 35.5. The van der Waals surface area contributed by atoms with Crippen molar-refractivity contribution in [3.63, 3.8) is 0 Å². The zero-order valence-corrected chi connectivity index (χ0v) is 23.3. The quantitative estimate of drug-likeness (QED) is 0.232. The molecule has 204 valence electrons. The number of amides is 2. The fraction of sp³-hybridized carbons (Fsp3) is 0.133. The van der Waals surface area contributed by atoms with Crippen molar-refractivity contribution in [1.29, 1.82) is 0 Å². The van der Waals surface area contributed by atoms with Crippen LogP contribution in [0.5, 0.6) is 0 Å². The van der Waals surface area contributed by atoms with Gasteiger partial charge in [0.1, 0.15) is 17.3 Å². The number of nitrogens with zero attached hydrogens (tertiary/aromatic N) is 2. The first kappa shape index (κ1) is 27.8. The van der Waals surface area contributed by atoms with Gasteiger partial charge in [0.15, 0.2) is 0 Å². The van der Waals surface area contributed by atoms with E-state index in [0.29, 0.717) is 64.0 Å². The molecule has 1 aliphatic heterocycles. The van der Waals surface area contributed by atoms with E-state index in [9.17, 15) is 14.0 Å². The van der Waals surface area contributed by atoms with Crippen molar-refractivity contribution in [2.45, 2.75) is 0 Å². The Morgan fingerprint density at radius 1 is 0.875 bits per heavy atom. The molecule has 5 rings (SSSR count). The standard InChI is InChI=1S/C30H23Cl3FN3O3/c31-19-5-9-22(24(33)17-19)28-11-7-21(40-28)8-12-29(38)35-26-18-20(32)6-10-27(26)36-13-15-37(16-14-36)30(39)23-3-1-2-4-25(23)34/h1-12,17-18H,13-16H2,(H,35,38)/b12-8+. The summed E-state index contributed by atoms with van der Waals surface area (Å²) in [4.78, 5) is 29.3. The maximum Gasteiger partial charge on any atom is 0.256 e. The largest absolute Gasteiger partial charge is 0.457 e. The predicted molar refractivity (Wildman–Crippen MR) is 158 cm³/mol. The maximum atomic E-state index is 14.1. The van der Waals surface area contributed by atoms with Gasteiger partial charge in [0.05, 0.1) is 22.0 Å². The van der Waals surface area contributed by atoms with E-state index >= 15 is 0 Å². The first-order chi connectivity index (χ1) is 19.3. The first-order valence-electron chi connectivity index (χ1n) is 12.4. The van der Waals surface area contributed by atoms with Crippen molar-refractivity contribution >= 4 is 64.1 Å². The molecule has 1 fully saturated rings. The van der Waals surface area contributed by atoms with Gasteiger partial charge in [-0.1, -0.05) is 46.9 Å². The summed E-state index contributed by atoms with van der Waals surface area (Å²) >= 11 is 18.5. The van der Waals surface area contributed by atoms with Gasteiger partial charge >= 0.3 is 0 Å². The van der Waals surface area contributed by atoms with Crippen molar-refractivity contribution in [3.05, 3.63) is 111 Å². The molecule has 2 heterocycles. The van der Waals surface area contributed by atoms with Gasteiger partial charge in [-0.25, -0.2) is 4.39 Å². The van der Waals surface area contributed by atoms with E-state index in [-0.39, 0.29) is 17.4 Å². The lowest BCUT2D eigenvalue weighted by Crippen LogP contribution is -2.49. The van der Waals surface area contributed by atoms with Gasteiger partial charge in [0.2, 0.25) is 5.91 Å². The number of hydrogen-bond acceptors (Lipinski definition) is 4. The zero-order valence-electron chi connectivity index (χ0n) is 21.0. The number of piperazine rings is 1. The van der Waals surface area contributed by atoms with Gasteiger partial charge in [0.25, 0.3) is 5.91 Å².